The average Bonchev–Trinajstić information content (AvgIpc) is 2.71. The molecule has 2 rings (SSSR count). The molecule has 1 heterocycles. The van der Waals surface area contributed by atoms with Crippen LogP contribution in [0.1, 0.15) is 26.2 Å². The molecule has 0 radical (unpaired) electrons. The molecule has 0 bridgehead atoms. The summed E-state index contributed by atoms with van der Waals surface area (Å²) in [5, 5.41) is 5.34. The number of ether oxygens (including phenoxy) is 2. The van der Waals surface area contributed by atoms with Gasteiger partial charge in [-0.3, -0.25) is 9.59 Å². The molecule has 1 saturated heterocycles. The quantitative estimate of drug-likeness (QED) is 0.623. The number of carbonyl (C=O) groups excluding carboxylic acids is 2. The topological polar surface area (TPSA) is 114 Å². The first-order chi connectivity index (χ1) is 13.4. The molecule has 0 unspecified atom stereocenters. The van der Waals surface area contributed by atoms with Gasteiger partial charge in [-0.1, -0.05) is 6.92 Å². The second-order valence-corrected chi connectivity index (χ2v) is 8.19. The molecule has 28 heavy (non-hydrogen) atoms. The Morgan fingerprint density at radius 2 is 1.86 bits per heavy atom. The van der Waals surface area contributed by atoms with Crippen LogP contribution in [0.25, 0.3) is 0 Å². The minimum absolute atomic E-state index is 0.00707. The van der Waals surface area contributed by atoms with Gasteiger partial charge in [0.25, 0.3) is 0 Å². The third-order valence-electron chi connectivity index (χ3n) is 4.19. The van der Waals surface area contributed by atoms with E-state index in [1.54, 1.807) is 6.07 Å². The SMILES string of the molecule is CCCNC(=O)CCC(=O)Nc1ccc(OC)c(S(=O)(=O)N2CCOCC2)c1. The zero-order chi connectivity index (χ0) is 20.6. The van der Waals surface area contributed by atoms with Crippen molar-refractivity contribution in [3.05, 3.63) is 18.2 Å². The lowest BCUT2D eigenvalue weighted by molar-refractivity contribution is -0.124. The summed E-state index contributed by atoms with van der Waals surface area (Å²) in [6.07, 6.45) is 0.901. The normalized spacial score (nSPS) is 15.1. The number of sulfonamides is 1. The van der Waals surface area contributed by atoms with E-state index in [0.717, 1.165) is 6.42 Å². The Morgan fingerprint density at radius 3 is 2.50 bits per heavy atom. The number of hydrogen-bond acceptors (Lipinski definition) is 6. The number of anilines is 1. The van der Waals surface area contributed by atoms with E-state index in [4.69, 9.17) is 9.47 Å². The number of morpholine rings is 1. The Balaban J connectivity index is 2.09. The van der Waals surface area contributed by atoms with E-state index in [1.807, 2.05) is 6.92 Å². The first kappa shape index (κ1) is 22.1. The highest BCUT2D eigenvalue weighted by atomic mass is 32.2. The van der Waals surface area contributed by atoms with Crippen LogP contribution in [0, 0.1) is 0 Å². The largest absolute Gasteiger partial charge is 0.495 e. The van der Waals surface area contributed by atoms with Crippen LogP contribution < -0.4 is 15.4 Å². The smallest absolute Gasteiger partial charge is 0.246 e. The highest BCUT2D eigenvalue weighted by Gasteiger charge is 2.29. The Morgan fingerprint density at radius 1 is 1.18 bits per heavy atom. The van der Waals surface area contributed by atoms with Crippen molar-refractivity contribution in [2.75, 3.05) is 45.3 Å². The van der Waals surface area contributed by atoms with Crippen LogP contribution in [0.3, 0.4) is 0 Å². The molecule has 1 aliphatic rings. The van der Waals surface area contributed by atoms with Crippen molar-refractivity contribution in [2.45, 2.75) is 31.1 Å². The summed E-state index contributed by atoms with van der Waals surface area (Å²) in [5.74, 6) is -0.364. The monoisotopic (exact) mass is 413 g/mol. The second-order valence-electron chi connectivity index (χ2n) is 6.28. The number of rotatable bonds is 9. The molecule has 0 atom stereocenters. The fraction of sp³-hybridized carbons (Fsp3) is 0.556. The van der Waals surface area contributed by atoms with Gasteiger partial charge in [0.05, 0.1) is 20.3 Å². The second kappa shape index (κ2) is 10.4. The Labute approximate surface area is 165 Å². The highest BCUT2D eigenvalue weighted by molar-refractivity contribution is 7.89. The van der Waals surface area contributed by atoms with Gasteiger partial charge < -0.3 is 20.1 Å². The molecule has 156 valence electrons. The molecule has 1 aliphatic heterocycles. The number of amides is 2. The predicted molar refractivity (Wildman–Crippen MR) is 104 cm³/mol. The minimum atomic E-state index is -3.79. The Hall–Kier alpha value is -2.17. The van der Waals surface area contributed by atoms with Gasteiger partial charge in [0.2, 0.25) is 21.8 Å². The van der Waals surface area contributed by atoms with Gasteiger partial charge in [0, 0.05) is 38.2 Å². The first-order valence-corrected chi connectivity index (χ1v) is 10.6. The van der Waals surface area contributed by atoms with Gasteiger partial charge in [0.1, 0.15) is 10.6 Å². The number of nitrogens with one attached hydrogen (secondary N) is 2. The molecule has 1 aromatic rings. The van der Waals surface area contributed by atoms with Crippen molar-refractivity contribution >= 4 is 27.5 Å². The molecule has 1 fully saturated rings. The third-order valence-corrected chi connectivity index (χ3v) is 6.11. The summed E-state index contributed by atoms with van der Waals surface area (Å²) in [6, 6.07) is 4.43. The highest BCUT2D eigenvalue weighted by Crippen LogP contribution is 2.30. The molecule has 1 aromatic carbocycles. The Bertz CT molecular complexity index is 791. The van der Waals surface area contributed by atoms with Gasteiger partial charge in [0.15, 0.2) is 0 Å². The lowest BCUT2D eigenvalue weighted by Gasteiger charge is -2.26. The van der Waals surface area contributed by atoms with Crippen LogP contribution in [0.15, 0.2) is 23.1 Å². The molecule has 10 heteroatoms. The molecule has 2 N–H and O–H groups in total. The number of nitrogens with zero attached hydrogens (tertiary/aromatic N) is 1. The van der Waals surface area contributed by atoms with Crippen molar-refractivity contribution in [3.8, 4) is 5.75 Å². The predicted octanol–water partition coefficient (Wildman–Crippen LogP) is 0.961. The summed E-state index contributed by atoms with van der Waals surface area (Å²) in [4.78, 5) is 23.7. The summed E-state index contributed by atoms with van der Waals surface area (Å²) < 4.78 is 37.6. The summed E-state index contributed by atoms with van der Waals surface area (Å²) in [6.45, 7) is 3.70. The number of methoxy groups -OCH3 is 1. The van der Waals surface area contributed by atoms with Crippen LogP contribution in [0.5, 0.6) is 5.75 Å². The molecule has 0 spiro atoms. The number of carbonyl (C=O) groups is 2. The molecule has 0 saturated carbocycles. The van der Waals surface area contributed by atoms with E-state index in [0.29, 0.717) is 25.4 Å². The first-order valence-electron chi connectivity index (χ1n) is 9.21. The molecule has 0 aromatic heterocycles. The Kier molecular flexibility index (Phi) is 8.21. The van der Waals surface area contributed by atoms with Crippen LogP contribution in [0.2, 0.25) is 0 Å². The maximum Gasteiger partial charge on any atom is 0.246 e. The maximum absolute atomic E-state index is 12.9. The molecule has 2 amide bonds. The van der Waals surface area contributed by atoms with E-state index in [1.165, 1.54) is 23.5 Å². The third kappa shape index (κ3) is 5.91. The van der Waals surface area contributed by atoms with Crippen molar-refractivity contribution in [3.63, 3.8) is 0 Å². The summed E-state index contributed by atoms with van der Waals surface area (Å²) in [5.41, 5.74) is 0.326. The van der Waals surface area contributed by atoms with Crippen LogP contribution in [-0.4, -0.2) is 64.5 Å². The molecule has 0 aliphatic carbocycles. The van der Waals surface area contributed by atoms with E-state index < -0.39 is 10.0 Å². The van der Waals surface area contributed by atoms with Gasteiger partial charge >= 0.3 is 0 Å². The summed E-state index contributed by atoms with van der Waals surface area (Å²) in [7, 11) is -2.40. The van der Waals surface area contributed by atoms with Gasteiger partial charge in [-0.15, -0.1) is 0 Å². The van der Waals surface area contributed by atoms with E-state index in [2.05, 4.69) is 10.6 Å². The number of hydrogen-bond donors (Lipinski definition) is 2. The van der Waals surface area contributed by atoms with Crippen LogP contribution in [0.4, 0.5) is 5.69 Å². The standard InChI is InChI=1S/C18H27N3O6S/c1-3-8-19-17(22)6-7-18(23)20-14-4-5-15(26-2)16(13-14)28(24,25)21-9-11-27-12-10-21/h4-5,13H,3,6-12H2,1-2H3,(H,19,22)(H,20,23). The summed E-state index contributed by atoms with van der Waals surface area (Å²) >= 11 is 0. The maximum atomic E-state index is 12.9. The minimum Gasteiger partial charge on any atom is -0.495 e. The van der Waals surface area contributed by atoms with Gasteiger partial charge in [-0.2, -0.15) is 4.31 Å². The van der Waals surface area contributed by atoms with Crippen LogP contribution in [-0.2, 0) is 24.3 Å². The zero-order valence-electron chi connectivity index (χ0n) is 16.2. The van der Waals surface area contributed by atoms with Crippen molar-refractivity contribution in [1.82, 2.24) is 9.62 Å². The van der Waals surface area contributed by atoms with E-state index >= 15 is 0 Å². The zero-order valence-corrected chi connectivity index (χ0v) is 17.0. The van der Waals surface area contributed by atoms with Crippen molar-refractivity contribution in [1.29, 1.82) is 0 Å². The lowest BCUT2D eigenvalue weighted by atomic mass is 10.2. The molecular formula is C18H27N3O6S. The van der Waals surface area contributed by atoms with Crippen LogP contribution >= 0.6 is 0 Å². The fourth-order valence-electron chi connectivity index (χ4n) is 2.69. The van der Waals surface area contributed by atoms with E-state index in [9.17, 15) is 18.0 Å². The van der Waals surface area contributed by atoms with E-state index in [-0.39, 0.29) is 48.4 Å². The lowest BCUT2D eigenvalue weighted by Crippen LogP contribution is -2.40. The molecular weight excluding hydrogens is 386 g/mol. The average molecular weight is 413 g/mol. The van der Waals surface area contributed by atoms with Gasteiger partial charge in [-0.05, 0) is 24.6 Å². The number of benzene rings is 1. The van der Waals surface area contributed by atoms with Crippen molar-refractivity contribution in [2.24, 2.45) is 0 Å². The van der Waals surface area contributed by atoms with Gasteiger partial charge in [-0.25, -0.2) is 8.42 Å². The molecule has 9 nitrogen and oxygen atoms in total. The fourth-order valence-corrected chi connectivity index (χ4v) is 4.27. The van der Waals surface area contributed by atoms with Crippen molar-refractivity contribution < 1.29 is 27.5 Å².